The number of halogens is 2. The van der Waals surface area contributed by atoms with Crippen LogP contribution in [0.1, 0.15) is 12.5 Å². The Morgan fingerprint density at radius 2 is 1.83 bits per heavy atom. The number of ether oxygens (including phenoxy) is 1. The summed E-state index contributed by atoms with van der Waals surface area (Å²) < 4.78 is 33.6. The lowest BCUT2D eigenvalue weighted by Gasteiger charge is -2.05. The van der Waals surface area contributed by atoms with Crippen molar-refractivity contribution in [1.29, 1.82) is 10.5 Å². The molecule has 1 aromatic heterocycles. The number of aromatic nitrogens is 1. The van der Waals surface area contributed by atoms with E-state index < -0.39 is 17.2 Å². The van der Waals surface area contributed by atoms with Crippen molar-refractivity contribution >= 4 is 23.0 Å². The van der Waals surface area contributed by atoms with Crippen molar-refractivity contribution in [3.8, 4) is 23.6 Å². The van der Waals surface area contributed by atoms with Gasteiger partial charge in [-0.3, -0.25) is 9.36 Å². The van der Waals surface area contributed by atoms with Crippen LogP contribution in [0.15, 0.2) is 47.3 Å². The number of nitrogens with zero attached hydrogens (tertiary/aromatic N) is 3. The average molecular weight is 409 g/mol. The second-order valence-corrected chi connectivity index (χ2v) is 6.79. The maximum atomic E-state index is 13.5. The molecule has 0 amide bonds. The first-order chi connectivity index (χ1) is 14.0. The van der Waals surface area contributed by atoms with E-state index in [9.17, 15) is 24.1 Å². The Hall–Kier alpha value is -3.75. The lowest BCUT2D eigenvalue weighted by molar-refractivity contribution is 0.340. The van der Waals surface area contributed by atoms with Gasteiger partial charge >= 0.3 is 0 Å². The number of hydrogen-bond acceptors (Lipinski definition) is 5. The quantitative estimate of drug-likeness (QED) is 0.664. The standard InChI is InChI=1S/C21H13F2N3O2S/c1-2-28-16-6-4-15(5-7-16)26-20(27)19(29-21(26)14(11-24)12-25)10-13-3-8-17(22)18(23)9-13/h3-10H,2H2,1H3/b19-10+. The van der Waals surface area contributed by atoms with Crippen molar-refractivity contribution in [3.63, 3.8) is 0 Å². The van der Waals surface area contributed by atoms with E-state index in [1.165, 1.54) is 16.7 Å². The highest BCUT2D eigenvalue weighted by molar-refractivity contribution is 7.07. The Morgan fingerprint density at radius 3 is 2.41 bits per heavy atom. The van der Waals surface area contributed by atoms with E-state index in [1.807, 2.05) is 6.92 Å². The summed E-state index contributed by atoms with van der Waals surface area (Å²) in [7, 11) is 0. The molecule has 3 aromatic rings. The SMILES string of the molecule is CCOc1ccc(-n2c(=C(C#N)C#N)s/c(=C/c3ccc(F)c(F)c3)c2=O)cc1. The second-order valence-electron chi connectivity index (χ2n) is 5.76. The minimum atomic E-state index is -1.04. The lowest BCUT2D eigenvalue weighted by Crippen LogP contribution is -2.30. The molecule has 1 heterocycles. The molecule has 0 bridgehead atoms. The van der Waals surface area contributed by atoms with E-state index in [1.54, 1.807) is 36.4 Å². The van der Waals surface area contributed by atoms with E-state index in [2.05, 4.69) is 0 Å². The zero-order valence-corrected chi connectivity index (χ0v) is 16.0. The zero-order valence-electron chi connectivity index (χ0n) is 15.1. The molecule has 144 valence electrons. The fourth-order valence-corrected chi connectivity index (χ4v) is 3.67. The molecule has 0 aliphatic heterocycles. The molecule has 0 unspecified atom stereocenters. The molecule has 5 nitrogen and oxygen atoms in total. The summed E-state index contributed by atoms with van der Waals surface area (Å²) in [5, 5.41) is 18.6. The summed E-state index contributed by atoms with van der Waals surface area (Å²) in [6.45, 7) is 2.33. The maximum absolute atomic E-state index is 13.5. The summed E-state index contributed by atoms with van der Waals surface area (Å²) in [4.78, 5) is 13.0. The fraction of sp³-hybridized carbons (Fsp3) is 0.0952. The van der Waals surface area contributed by atoms with Crippen molar-refractivity contribution in [2.24, 2.45) is 0 Å². The van der Waals surface area contributed by atoms with Gasteiger partial charge in [-0.25, -0.2) is 8.78 Å². The van der Waals surface area contributed by atoms with Gasteiger partial charge in [-0.05, 0) is 55.0 Å². The van der Waals surface area contributed by atoms with Crippen molar-refractivity contribution in [1.82, 2.24) is 4.57 Å². The molecule has 0 saturated carbocycles. The number of hydrogen-bond donors (Lipinski definition) is 0. The van der Waals surface area contributed by atoms with Gasteiger partial charge in [0.1, 0.15) is 22.6 Å². The summed E-state index contributed by atoms with van der Waals surface area (Å²) in [5.41, 5.74) is 0.00793. The molecular formula is C21H13F2N3O2S. The van der Waals surface area contributed by atoms with Crippen LogP contribution < -0.4 is 19.5 Å². The molecule has 2 aromatic carbocycles. The summed E-state index contributed by atoms with van der Waals surface area (Å²) in [5.74, 6) is -1.42. The highest BCUT2D eigenvalue weighted by Crippen LogP contribution is 2.14. The highest BCUT2D eigenvalue weighted by Gasteiger charge is 2.12. The van der Waals surface area contributed by atoms with Crippen LogP contribution in [0.2, 0.25) is 0 Å². The zero-order chi connectivity index (χ0) is 21.0. The van der Waals surface area contributed by atoms with Crippen molar-refractivity contribution in [2.45, 2.75) is 6.92 Å². The predicted molar refractivity (Wildman–Crippen MR) is 105 cm³/mol. The van der Waals surface area contributed by atoms with Crippen LogP contribution in [0.3, 0.4) is 0 Å². The Kier molecular flexibility index (Phi) is 5.87. The topological polar surface area (TPSA) is 78.8 Å². The Morgan fingerprint density at radius 1 is 1.14 bits per heavy atom. The van der Waals surface area contributed by atoms with E-state index in [0.717, 1.165) is 23.5 Å². The van der Waals surface area contributed by atoms with Gasteiger partial charge in [0.2, 0.25) is 0 Å². The monoisotopic (exact) mass is 409 g/mol. The molecule has 0 aliphatic rings. The summed E-state index contributed by atoms with van der Waals surface area (Å²) >= 11 is 0.923. The number of thiazole rings is 1. The Labute approximate surface area is 168 Å². The first kappa shape index (κ1) is 20.0. The number of rotatable bonds is 4. The van der Waals surface area contributed by atoms with Gasteiger partial charge in [0.05, 0.1) is 16.8 Å². The van der Waals surface area contributed by atoms with Gasteiger partial charge in [0.15, 0.2) is 17.2 Å². The number of nitriles is 2. The van der Waals surface area contributed by atoms with E-state index in [-0.39, 0.29) is 20.3 Å². The molecule has 0 aliphatic carbocycles. The van der Waals surface area contributed by atoms with Crippen LogP contribution in [0.4, 0.5) is 8.78 Å². The minimum absolute atomic E-state index is 0.151. The van der Waals surface area contributed by atoms with Crippen molar-refractivity contribution < 1.29 is 13.5 Å². The average Bonchev–Trinajstić information content (AvgIpc) is 3.03. The molecule has 0 radical (unpaired) electrons. The Bertz CT molecular complexity index is 1310. The lowest BCUT2D eigenvalue weighted by atomic mass is 10.2. The third-order valence-corrected chi connectivity index (χ3v) is 5.00. The first-order valence-corrected chi connectivity index (χ1v) is 9.26. The third kappa shape index (κ3) is 4.08. The van der Waals surface area contributed by atoms with E-state index in [0.29, 0.717) is 18.0 Å². The van der Waals surface area contributed by atoms with Crippen molar-refractivity contribution in [3.05, 3.63) is 79.2 Å². The van der Waals surface area contributed by atoms with Crippen LogP contribution in [-0.4, -0.2) is 11.2 Å². The normalized spacial score (nSPS) is 11.0. The van der Waals surface area contributed by atoms with Gasteiger partial charge in [-0.1, -0.05) is 6.07 Å². The van der Waals surface area contributed by atoms with Gasteiger partial charge in [0.25, 0.3) is 5.56 Å². The molecule has 0 fully saturated rings. The Balaban J connectivity index is 2.29. The van der Waals surface area contributed by atoms with Crippen LogP contribution >= 0.6 is 11.3 Å². The molecule has 0 atom stereocenters. The molecule has 29 heavy (non-hydrogen) atoms. The second kappa shape index (κ2) is 8.51. The molecule has 3 rings (SSSR count). The number of benzene rings is 2. The van der Waals surface area contributed by atoms with E-state index >= 15 is 0 Å². The molecule has 8 heteroatoms. The van der Waals surface area contributed by atoms with Gasteiger partial charge in [-0.2, -0.15) is 10.5 Å². The van der Waals surface area contributed by atoms with Crippen molar-refractivity contribution in [2.75, 3.05) is 6.61 Å². The van der Waals surface area contributed by atoms with Crippen LogP contribution in [-0.2, 0) is 0 Å². The highest BCUT2D eigenvalue weighted by atomic mass is 32.1. The maximum Gasteiger partial charge on any atom is 0.273 e. The molecule has 0 spiro atoms. The summed E-state index contributed by atoms with van der Waals surface area (Å²) in [6, 6.07) is 13.4. The van der Waals surface area contributed by atoms with Gasteiger partial charge < -0.3 is 4.74 Å². The van der Waals surface area contributed by atoms with E-state index in [4.69, 9.17) is 4.74 Å². The smallest absolute Gasteiger partial charge is 0.273 e. The van der Waals surface area contributed by atoms with Crippen LogP contribution in [0.25, 0.3) is 17.3 Å². The largest absolute Gasteiger partial charge is 0.494 e. The van der Waals surface area contributed by atoms with Gasteiger partial charge in [-0.15, -0.1) is 11.3 Å². The minimum Gasteiger partial charge on any atom is -0.494 e. The molecule has 0 saturated heterocycles. The third-order valence-electron chi connectivity index (χ3n) is 3.91. The summed E-state index contributed by atoms with van der Waals surface area (Å²) in [6.07, 6.45) is 1.39. The predicted octanol–water partition coefficient (Wildman–Crippen LogP) is 2.60. The van der Waals surface area contributed by atoms with Crippen LogP contribution in [0, 0.1) is 34.3 Å². The van der Waals surface area contributed by atoms with Crippen LogP contribution in [0.5, 0.6) is 5.75 Å². The fourth-order valence-electron chi connectivity index (χ4n) is 2.62. The molecule has 0 N–H and O–H groups in total. The first-order valence-electron chi connectivity index (χ1n) is 8.45. The molecular weight excluding hydrogens is 396 g/mol. The van der Waals surface area contributed by atoms with Gasteiger partial charge in [0, 0.05) is 0 Å².